The highest BCUT2D eigenvalue weighted by Gasteiger charge is 2.48. The average Bonchev–Trinajstić information content (AvgIpc) is 3.53. The third-order valence-corrected chi connectivity index (χ3v) is 6.26. The molecule has 2 saturated heterocycles. The lowest BCUT2D eigenvalue weighted by atomic mass is 10.1. The van der Waals surface area contributed by atoms with Gasteiger partial charge in [-0.05, 0) is 29.8 Å². The van der Waals surface area contributed by atoms with Crippen LogP contribution in [-0.4, -0.2) is 82.6 Å². The van der Waals surface area contributed by atoms with Crippen molar-refractivity contribution in [3.05, 3.63) is 52.1 Å². The molecule has 1 amide bonds. The normalized spacial score (nSPS) is 23.1. The third kappa shape index (κ3) is 5.23. The van der Waals surface area contributed by atoms with E-state index in [0.717, 1.165) is 12.1 Å². The van der Waals surface area contributed by atoms with Crippen molar-refractivity contribution in [2.45, 2.75) is 31.0 Å². The number of hydrogen-bond acceptors (Lipinski definition) is 8. The average molecular weight is 537 g/mol. The fourth-order valence-corrected chi connectivity index (χ4v) is 4.24. The predicted octanol–water partition coefficient (Wildman–Crippen LogP) is 2.48. The van der Waals surface area contributed by atoms with Gasteiger partial charge in [0.1, 0.15) is 41.6 Å². The fraction of sp³-hybridized carbons (Fsp3) is 0.375. The van der Waals surface area contributed by atoms with E-state index in [9.17, 15) is 18.7 Å². The number of carbonyl (C=O) groups excluding carboxylic acids is 1. The summed E-state index contributed by atoms with van der Waals surface area (Å²) >= 11 is 6.26. The summed E-state index contributed by atoms with van der Waals surface area (Å²) in [5, 5.41) is 9.96. The number of hydrogen-bond donors (Lipinski definition) is 2. The van der Waals surface area contributed by atoms with Gasteiger partial charge in [-0.3, -0.25) is 4.79 Å². The number of H-pyrrole nitrogens is 1. The molecule has 1 aromatic carbocycles. The van der Waals surface area contributed by atoms with Gasteiger partial charge in [-0.2, -0.15) is 9.97 Å². The number of ether oxygens (including phenoxy) is 4. The van der Waals surface area contributed by atoms with Crippen molar-refractivity contribution in [1.29, 1.82) is 0 Å². The molecule has 37 heavy (non-hydrogen) atoms. The lowest BCUT2D eigenvalue weighted by Crippen LogP contribution is -2.34. The first-order valence-corrected chi connectivity index (χ1v) is 11.7. The van der Waals surface area contributed by atoms with E-state index in [0.29, 0.717) is 5.52 Å². The van der Waals surface area contributed by atoms with Crippen LogP contribution in [0.3, 0.4) is 0 Å². The summed E-state index contributed by atoms with van der Waals surface area (Å²) in [5.74, 6) is -2.08. The molecule has 0 saturated carbocycles. The summed E-state index contributed by atoms with van der Waals surface area (Å²) in [6.45, 7) is -0.0833. The number of aliphatic hydroxyl groups excluding tert-OH is 1. The molecule has 196 valence electrons. The molecule has 2 unspecified atom stereocenters. The Morgan fingerprint density at radius 2 is 1.95 bits per heavy atom. The number of benzene rings is 1. The molecule has 2 aliphatic rings. The van der Waals surface area contributed by atoms with Gasteiger partial charge in [0.15, 0.2) is 11.8 Å². The van der Waals surface area contributed by atoms with Crippen LogP contribution in [0.4, 0.5) is 8.78 Å². The van der Waals surface area contributed by atoms with Crippen LogP contribution in [0.1, 0.15) is 11.1 Å². The number of aromatic amines is 1. The van der Waals surface area contributed by atoms with Gasteiger partial charge in [0.25, 0.3) is 6.01 Å². The smallest absolute Gasteiger partial charge is 0.296 e. The van der Waals surface area contributed by atoms with E-state index < -0.39 is 42.7 Å². The van der Waals surface area contributed by atoms with E-state index >= 15 is 0 Å². The molecular formula is C24H23ClF2N4O6. The standard InChI is InChI=1S/C24H23ClF2N4O6/c1-31(2)19(33)4-3-11-5-14(26)12(15(27)6-11)8-36-23-13(25)7-16-22(29-23)30-24(28-16)37-18-10-35-20-17(32)9-34-21(18)20/h3-7,17-18,20-21,32H,8-10H2,1-2H3,(H,28,29,30)/b4-3+/t17-,18-,20?,21?/m1/s1. The van der Waals surface area contributed by atoms with Crippen LogP contribution in [0.2, 0.25) is 5.02 Å². The minimum absolute atomic E-state index is 0.0712. The SMILES string of the molecule is CN(C)C(=O)/C=C/c1cc(F)c(COc2nc3nc(O[C@@H]4COC5C4OC[C@H]5O)[nH]c3cc2Cl)c(F)c1. The number of rotatable bonds is 7. The molecule has 2 aromatic heterocycles. The van der Waals surface area contributed by atoms with Crippen LogP contribution < -0.4 is 9.47 Å². The second-order valence-electron chi connectivity index (χ2n) is 8.83. The summed E-state index contributed by atoms with van der Waals surface area (Å²) in [6, 6.07) is 3.84. The lowest BCUT2D eigenvalue weighted by molar-refractivity contribution is -0.123. The molecule has 0 bridgehead atoms. The molecule has 2 aliphatic heterocycles. The van der Waals surface area contributed by atoms with Crippen LogP contribution in [0.15, 0.2) is 24.3 Å². The zero-order valence-corrected chi connectivity index (χ0v) is 20.5. The molecular weight excluding hydrogens is 514 g/mol. The quantitative estimate of drug-likeness (QED) is 0.442. The number of fused-ring (bicyclic) bond motifs is 2. The van der Waals surface area contributed by atoms with Gasteiger partial charge in [-0.15, -0.1) is 0 Å². The Morgan fingerprint density at radius 1 is 1.22 bits per heavy atom. The monoisotopic (exact) mass is 536 g/mol. The highest BCUT2D eigenvalue weighted by molar-refractivity contribution is 6.32. The number of aromatic nitrogens is 3. The van der Waals surface area contributed by atoms with Crippen LogP contribution in [-0.2, 0) is 20.9 Å². The third-order valence-electron chi connectivity index (χ3n) is 5.99. The lowest BCUT2D eigenvalue weighted by Gasteiger charge is -2.15. The van der Waals surface area contributed by atoms with Crippen molar-refractivity contribution < 1.29 is 37.6 Å². The molecule has 2 fully saturated rings. The number of halogens is 3. The van der Waals surface area contributed by atoms with Crippen LogP contribution in [0.25, 0.3) is 17.2 Å². The number of likely N-dealkylation sites (N-methyl/N-ethyl adjacent to an activating group) is 1. The number of imidazole rings is 1. The predicted molar refractivity (Wildman–Crippen MR) is 127 cm³/mol. The van der Waals surface area contributed by atoms with Gasteiger partial charge in [0.05, 0.1) is 24.3 Å². The maximum absolute atomic E-state index is 14.6. The summed E-state index contributed by atoms with van der Waals surface area (Å²) < 4.78 is 51.6. The molecule has 5 rings (SSSR count). The highest BCUT2D eigenvalue weighted by Crippen LogP contribution is 2.31. The topological polar surface area (TPSA) is 119 Å². The zero-order chi connectivity index (χ0) is 26.3. The second kappa shape index (κ2) is 10.2. The highest BCUT2D eigenvalue weighted by atomic mass is 35.5. The van der Waals surface area contributed by atoms with Crippen molar-refractivity contribution in [2.75, 3.05) is 27.3 Å². The summed E-state index contributed by atoms with van der Waals surface area (Å²) in [7, 11) is 3.13. The minimum atomic E-state index is -0.846. The number of nitrogens with one attached hydrogen (secondary N) is 1. The molecule has 13 heteroatoms. The Kier molecular flexibility index (Phi) is 6.99. The maximum atomic E-state index is 14.6. The van der Waals surface area contributed by atoms with Gasteiger partial charge in [0.2, 0.25) is 11.8 Å². The van der Waals surface area contributed by atoms with E-state index in [4.69, 9.17) is 30.5 Å². The van der Waals surface area contributed by atoms with E-state index in [-0.39, 0.29) is 52.8 Å². The fourth-order valence-electron chi connectivity index (χ4n) is 4.04. The number of carbonyl (C=O) groups is 1. The Morgan fingerprint density at radius 3 is 2.68 bits per heavy atom. The summed E-state index contributed by atoms with van der Waals surface area (Å²) in [4.78, 5) is 24.4. The molecule has 10 nitrogen and oxygen atoms in total. The van der Waals surface area contributed by atoms with Gasteiger partial charge < -0.3 is 33.9 Å². The van der Waals surface area contributed by atoms with Crippen molar-refractivity contribution in [1.82, 2.24) is 19.9 Å². The Hall–Kier alpha value is -3.32. The van der Waals surface area contributed by atoms with Crippen molar-refractivity contribution in [2.24, 2.45) is 0 Å². The summed E-state index contributed by atoms with van der Waals surface area (Å²) in [5.41, 5.74) is 0.530. The maximum Gasteiger partial charge on any atom is 0.296 e. The first kappa shape index (κ1) is 25.3. The Balaban J connectivity index is 1.28. The van der Waals surface area contributed by atoms with E-state index in [1.54, 1.807) is 14.1 Å². The number of amides is 1. The zero-order valence-electron chi connectivity index (χ0n) is 19.8. The number of aliphatic hydroxyl groups is 1. The van der Waals surface area contributed by atoms with E-state index in [1.807, 2.05) is 0 Å². The Labute approximate surface area is 214 Å². The molecule has 0 spiro atoms. The Bertz CT molecular complexity index is 1340. The minimum Gasteiger partial charge on any atom is -0.471 e. The largest absolute Gasteiger partial charge is 0.471 e. The molecule has 0 aliphatic carbocycles. The second-order valence-corrected chi connectivity index (χ2v) is 9.23. The molecule has 3 aromatic rings. The van der Waals surface area contributed by atoms with Gasteiger partial charge in [0, 0.05) is 20.2 Å². The van der Waals surface area contributed by atoms with Crippen LogP contribution in [0.5, 0.6) is 11.9 Å². The number of nitrogens with zero attached hydrogens (tertiary/aromatic N) is 3. The van der Waals surface area contributed by atoms with E-state index in [2.05, 4.69) is 15.0 Å². The molecule has 4 heterocycles. The van der Waals surface area contributed by atoms with Gasteiger partial charge >= 0.3 is 0 Å². The number of pyridine rings is 1. The van der Waals surface area contributed by atoms with Crippen molar-refractivity contribution in [3.63, 3.8) is 0 Å². The van der Waals surface area contributed by atoms with Crippen molar-refractivity contribution in [3.8, 4) is 11.9 Å². The van der Waals surface area contributed by atoms with Crippen molar-refractivity contribution >= 4 is 34.7 Å². The van der Waals surface area contributed by atoms with E-state index in [1.165, 1.54) is 23.1 Å². The molecule has 0 radical (unpaired) electrons. The molecule has 2 N–H and O–H groups in total. The van der Waals surface area contributed by atoms with Crippen LogP contribution >= 0.6 is 11.6 Å². The van der Waals surface area contributed by atoms with Gasteiger partial charge in [-0.1, -0.05) is 11.6 Å². The first-order chi connectivity index (χ1) is 17.7. The van der Waals surface area contributed by atoms with Gasteiger partial charge in [-0.25, -0.2) is 8.78 Å². The van der Waals surface area contributed by atoms with Crippen LogP contribution in [0, 0.1) is 11.6 Å². The molecule has 4 atom stereocenters. The summed E-state index contributed by atoms with van der Waals surface area (Å²) in [6.07, 6.45) is 0.490. The first-order valence-electron chi connectivity index (χ1n) is 11.3.